The van der Waals surface area contributed by atoms with Crippen molar-refractivity contribution in [2.24, 2.45) is 0 Å². The molecule has 2 nitrogen and oxygen atoms in total. The highest BCUT2D eigenvalue weighted by molar-refractivity contribution is 7.09. The van der Waals surface area contributed by atoms with Crippen LogP contribution in [0.25, 0.3) is 0 Å². The first kappa shape index (κ1) is 6.81. The predicted octanol–water partition coefficient (Wildman–Crippen LogP) is 2.09. The lowest BCUT2D eigenvalue weighted by atomic mass is 9.70. The topological polar surface area (TPSA) is 36.7 Å². The summed E-state index contributed by atoms with van der Waals surface area (Å²) >= 11 is 1.60. The fraction of sp³-hybridized carbons (Fsp3) is 0.500. The van der Waals surface area contributed by atoms with Crippen LogP contribution in [-0.4, -0.2) is 4.98 Å². The second kappa shape index (κ2) is 2.31. The summed E-state index contributed by atoms with van der Waals surface area (Å²) in [6.07, 6.45) is 4.94. The van der Waals surface area contributed by atoms with E-state index in [1.54, 1.807) is 17.5 Å². The third kappa shape index (κ3) is 0.865. The van der Waals surface area contributed by atoms with Crippen LogP contribution in [0.3, 0.4) is 0 Å². The second-order valence-corrected chi connectivity index (χ2v) is 3.78. The van der Waals surface area contributed by atoms with Gasteiger partial charge in [-0.25, -0.2) is 4.98 Å². The van der Waals surface area contributed by atoms with E-state index in [2.05, 4.69) is 11.1 Å². The number of hydrogen-bond acceptors (Lipinski definition) is 3. The van der Waals surface area contributed by atoms with Gasteiger partial charge in [0.25, 0.3) is 0 Å². The largest absolute Gasteiger partial charge is 0.248 e. The number of hydrogen-bond donors (Lipinski definition) is 0. The molecule has 1 aromatic rings. The van der Waals surface area contributed by atoms with Crippen molar-refractivity contribution < 1.29 is 0 Å². The van der Waals surface area contributed by atoms with E-state index in [0.29, 0.717) is 0 Å². The molecule has 0 spiro atoms. The van der Waals surface area contributed by atoms with Gasteiger partial charge in [0, 0.05) is 11.6 Å². The first-order chi connectivity index (χ1) is 5.37. The van der Waals surface area contributed by atoms with E-state index in [0.717, 1.165) is 17.8 Å². The molecule has 1 aliphatic rings. The van der Waals surface area contributed by atoms with Crippen molar-refractivity contribution in [3.63, 3.8) is 0 Å². The van der Waals surface area contributed by atoms with E-state index in [9.17, 15) is 0 Å². The Kier molecular flexibility index (Phi) is 1.43. The van der Waals surface area contributed by atoms with Gasteiger partial charge in [-0.2, -0.15) is 5.26 Å². The normalized spacial score (nSPS) is 20.3. The zero-order chi connectivity index (χ0) is 7.73. The number of thiazole rings is 1. The molecule has 2 rings (SSSR count). The Morgan fingerprint density at radius 2 is 2.45 bits per heavy atom. The summed E-state index contributed by atoms with van der Waals surface area (Å²) in [6.45, 7) is 0. The van der Waals surface area contributed by atoms with Gasteiger partial charge in [-0.15, -0.1) is 11.3 Å². The zero-order valence-corrected chi connectivity index (χ0v) is 6.90. The lowest BCUT2D eigenvalue weighted by molar-refractivity contribution is 0.323. The third-order valence-corrected chi connectivity index (χ3v) is 3.24. The van der Waals surface area contributed by atoms with Gasteiger partial charge in [-0.05, 0) is 19.3 Å². The SMILES string of the molecule is N#CC1(c2nccs2)CCC1. The van der Waals surface area contributed by atoms with E-state index < -0.39 is 0 Å². The number of nitriles is 1. The van der Waals surface area contributed by atoms with Crippen LogP contribution in [0.15, 0.2) is 11.6 Å². The van der Waals surface area contributed by atoms with Crippen molar-refractivity contribution >= 4 is 11.3 Å². The van der Waals surface area contributed by atoms with Crippen molar-refractivity contribution in [2.75, 3.05) is 0 Å². The van der Waals surface area contributed by atoms with E-state index >= 15 is 0 Å². The van der Waals surface area contributed by atoms with Crippen LogP contribution in [0.4, 0.5) is 0 Å². The summed E-state index contributed by atoms with van der Waals surface area (Å²) in [5, 5.41) is 11.9. The maximum Gasteiger partial charge on any atom is 0.113 e. The Bertz CT molecular complexity index is 280. The molecule has 1 heterocycles. The summed E-state index contributed by atoms with van der Waals surface area (Å²) in [6, 6.07) is 2.37. The summed E-state index contributed by atoms with van der Waals surface area (Å²) in [7, 11) is 0. The average molecular weight is 164 g/mol. The van der Waals surface area contributed by atoms with Crippen LogP contribution in [0.1, 0.15) is 24.3 Å². The Hall–Kier alpha value is -0.880. The molecule has 0 atom stereocenters. The number of rotatable bonds is 1. The molecule has 0 unspecified atom stereocenters. The Morgan fingerprint density at radius 3 is 2.82 bits per heavy atom. The Balaban J connectivity index is 2.34. The highest BCUT2D eigenvalue weighted by Gasteiger charge is 2.41. The van der Waals surface area contributed by atoms with Gasteiger partial charge in [0.05, 0.1) is 6.07 Å². The van der Waals surface area contributed by atoms with Gasteiger partial charge in [0.1, 0.15) is 10.4 Å². The summed E-state index contributed by atoms with van der Waals surface area (Å²) in [4.78, 5) is 4.18. The first-order valence-corrected chi connectivity index (χ1v) is 4.57. The number of aromatic nitrogens is 1. The van der Waals surface area contributed by atoms with Crippen molar-refractivity contribution in [2.45, 2.75) is 24.7 Å². The summed E-state index contributed by atoms with van der Waals surface area (Å²) in [5.74, 6) is 0. The van der Waals surface area contributed by atoms with Gasteiger partial charge in [0.2, 0.25) is 0 Å². The standard InChI is InChI=1S/C8H8N2S/c9-6-8(2-1-3-8)7-10-4-5-11-7/h4-5H,1-3H2. The summed E-state index contributed by atoms with van der Waals surface area (Å²) in [5.41, 5.74) is -0.200. The van der Waals surface area contributed by atoms with Crippen molar-refractivity contribution in [3.8, 4) is 6.07 Å². The van der Waals surface area contributed by atoms with Crippen molar-refractivity contribution in [1.29, 1.82) is 5.26 Å². The van der Waals surface area contributed by atoms with E-state index in [1.165, 1.54) is 6.42 Å². The average Bonchev–Trinajstić information content (AvgIpc) is 2.39. The molecule has 1 fully saturated rings. The fourth-order valence-corrected chi connectivity index (χ4v) is 2.21. The molecule has 0 N–H and O–H groups in total. The summed E-state index contributed by atoms with van der Waals surface area (Å²) < 4.78 is 0. The molecule has 1 aliphatic carbocycles. The zero-order valence-electron chi connectivity index (χ0n) is 6.08. The Morgan fingerprint density at radius 1 is 1.64 bits per heavy atom. The van der Waals surface area contributed by atoms with Crippen LogP contribution in [0.2, 0.25) is 0 Å². The fourth-order valence-electron chi connectivity index (χ4n) is 1.36. The van der Waals surface area contributed by atoms with Crippen molar-refractivity contribution in [3.05, 3.63) is 16.6 Å². The molecular weight excluding hydrogens is 156 g/mol. The van der Waals surface area contributed by atoms with Crippen LogP contribution in [0.5, 0.6) is 0 Å². The molecule has 0 aliphatic heterocycles. The van der Waals surface area contributed by atoms with E-state index in [4.69, 9.17) is 5.26 Å². The molecule has 0 saturated heterocycles. The Labute approximate surface area is 69.5 Å². The molecule has 3 heteroatoms. The maximum absolute atomic E-state index is 8.93. The molecule has 0 amide bonds. The molecule has 1 aromatic heterocycles. The minimum absolute atomic E-state index is 0.200. The van der Waals surface area contributed by atoms with Crippen LogP contribution in [-0.2, 0) is 5.41 Å². The van der Waals surface area contributed by atoms with Gasteiger partial charge in [-0.3, -0.25) is 0 Å². The molecule has 1 saturated carbocycles. The van der Waals surface area contributed by atoms with E-state index in [-0.39, 0.29) is 5.41 Å². The predicted molar refractivity (Wildman–Crippen MR) is 43.3 cm³/mol. The first-order valence-electron chi connectivity index (χ1n) is 3.69. The molecule has 0 bridgehead atoms. The van der Waals surface area contributed by atoms with Crippen molar-refractivity contribution in [1.82, 2.24) is 4.98 Å². The van der Waals surface area contributed by atoms with Gasteiger partial charge in [0.15, 0.2) is 0 Å². The molecule has 0 radical (unpaired) electrons. The van der Waals surface area contributed by atoms with Crippen LogP contribution in [0, 0.1) is 11.3 Å². The molecule has 56 valence electrons. The van der Waals surface area contributed by atoms with E-state index in [1.807, 2.05) is 5.38 Å². The van der Waals surface area contributed by atoms with Gasteiger partial charge in [-0.1, -0.05) is 0 Å². The van der Waals surface area contributed by atoms with Crippen LogP contribution >= 0.6 is 11.3 Å². The lowest BCUT2D eigenvalue weighted by Gasteiger charge is -2.32. The maximum atomic E-state index is 8.93. The highest BCUT2D eigenvalue weighted by Crippen LogP contribution is 2.43. The lowest BCUT2D eigenvalue weighted by Crippen LogP contribution is -2.31. The highest BCUT2D eigenvalue weighted by atomic mass is 32.1. The quantitative estimate of drug-likeness (QED) is 0.637. The second-order valence-electron chi connectivity index (χ2n) is 2.88. The minimum Gasteiger partial charge on any atom is -0.248 e. The van der Waals surface area contributed by atoms with Gasteiger partial charge < -0.3 is 0 Å². The van der Waals surface area contributed by atoms with Gasteiger partial charge >= 0.3 is 0 Å². The molecule has 11 heavy (non-hydrogen) atoms. The minimum atomic E-state index is -0.200. The number of nitrogens with zero attached hydrogens (tertiary/aromatic N) is 2. The smallest absolute Gasteiger partial charge is 0.113 e. The molecular formula is C8H8N2S. The third-order valence-electron chi connectivity index (χ3n) is 2.26. The molecule has 0 aromatic carbocycles. The van der Waals surface area contributed by atoms with Crippen LogP contribution < -0.4 is 0 Å². The monoisotopic (exact) mass is 164 g/mol.